The molecule has 0 saturated heterocycles. The van der Waals surface area contributed by atoms with Gasteiger partial charge in [0, 0.05) is 6.07 Å². The fraction of sp³-hybridized carbons (Fsp3) is 0.600. The van der Waals surface area contributed by atoms with Crippen molar-refractivity contribution in [1.82, 2.24) is 5.32 Å². The van der Waals surface area contributed by atoms with Crippen LogP contribution in [0, 0.1) is 23.5 Å². The first-order chi connectivity index (χ1) is 8.41. The summed E-state index contributed by atoms with van der Waals surface area (Å²) in [4.78, 5) is 0. The van der Waals surface area contributed by atoms with E-state index in [2.05, 4.69) is 26.1 Å². The Morgan fingerprint density at radius 1 is 1.28 bits per heavy atom. The SMILES string of the molecule is CC(C)CNCC1CC1(C)c1cc(F)cc(F)c1. The van der Waals surface area contributed by atoms with E-state index < -0.39 is 11.6 Å². The molecule has 2 rings (SSSR count). The lowest BCUT2D eigenvalue weighted by molar-refractivity contribution is 0.512. The molecule has 0 spiro atoms. The lowest BCUT2D eigenvalue weighted by Gasteiger charge is -2.13. The van der Waals surface area contributed by atoms with E-state index in [0.29, 0.717) is 11.8 Å². The lowest BCUT2D eigenvalue weighted by Crippen LogP contribution is -2.24. The van der Waals surface area contributed by atoms with Gasteiger partial charge >= 0.3 is 0 Å². The summed E-state index contributed by atoms with van der Waals surface area (Å²) in [7, 11) is 0. The van der Waals surface area contributed by atoms with E-state index in [1.54, 1.807) is 0 Å². The average Bonchev–Trinajstić information content (AvgIpc) is 2.89. The number of nitrogens with one attached hydrogen (secondary N) is 1. The van der Waals surface area contributed by atoms with Crippen LogP contribution in [0.25, 0.3) is 0 Å². The van der Waals surface area contributed by atoms with Gasteiger partial charge in [-0.05, 0) is 54.5 Å². The maximum atomic E-state index is 13.2. The third kappa shape index (κ3) is 2.89. The molecule has 0 aliphatic heterocycles. The maximum Gasteiger partial charge on any atom is 0.126 e. The molecule has 1 aromatic carbocycles. The van der Waals surface area contributed by atoms with Crippen LogP contribution in [-0.4, -0.2) is 13.1 Å². The summed E-state index contributed by atoms with van der Waals surface area (Å²) >= 11 is 0. The van der Waals surface area contributed by atoms with Crippen LogP contribution in [0.1, 0.15) is 32.8 Å². The van der Waals surface area contributed by atoms with Gasteiger partial charge < -0.3 is 5.32 Å². The fourth-order valence-corrected chi connectivity index (χ4v) is 2.53. The molecule has 18 heavy (non-hydrogen) atoms. The fourth-order valence-electron chi connectivity index (χ4n) is 2.53. The summed E-state index contributed by atoms with van der Waals surface area (Å²) < 4.78 is 26.4. The Morgan fingerprint density at radius 3 is 2.44 bits per heavy atom. The Kier molecular flexibility index (Phi) is 3.71. The molecule has 1 saturated carbocycles. The summed E-state index contributed by atoms with van der Waals surface area (Å²) in [5.41, 5.74) is 0.726. The van der Waals surface area contributed by atoms with Gasteiger partial charge in [-0.1, -0.05) is 20.8 Å². The Bertz CT molecular complexity index is 410. The van der Waals surface area contributed by atoms with Gasteiger partial charge in [0.15, 0.2) is 0 Å². The van der Waals surface area contributed by atoms with Gasteiger partial charge in [-0.25, -0.2) is 8.78 Å². The van der Waals surface area contributed by atoms with E-state index in [9.17, 15) is 8.78 Å². The average molecular weight is 253 g/mol. The van der Waals surface area contributed by atoms with Crippen LogP contribution in [0.15, 0.2) is 18.2 Å². The predicted molar refractivity (Wildman–Crippen MR) is 69.5 cm³/mol. The van der Waals surface area contributed by atoms with E-state index >= 15 is 0 Å². The number of rotatable bonds is 5. The van der Waals surface area contributed by atoms with Gasteiger partial charge in [-0.15, -0.1) is 0 Å². The third-order valence-corrected chi connectivity index (χ3v) is 3.88. The zero-order valence-electron chi connectivity index (χ0n) is 11.3. The first-order valence-corrected chi connectivity index (χ1v) is 6.59. The smallest absolute Gasteiger partial charge is 0.126 e. The van der Waals surface area contributed by atoms with Crippen molar-refractivity contribution in [2.24, 2.45) is 11.8 Å². The van der Waals surface area contributed by atoms with Crippen LogP contribution in [0.2, 0.25) is 0 Å². The minimum absolute atomic E-state index is 0.0626. The van der Waals surface area contributed by atoms with Gasteiger partial charge in [-0.2, -0.15) is 0 Å². The second kappa shape index (κ2) is 4.96. The Morgan fingerprint density at radius 2 is 1.89 bits per heavy atom. The zero-order chi connectivity index (χ0) is 13.3. The van der Waals surface area contributed by atoms with Crippen molar-refractivity contribution < 1.29 is 8.78 Å². The minimum atomic E-state index is -0.480. The highest BCUT2D eigenvalue weighted by atomic mass is 19.1. The molecule has 0 amide bonds. The summed E-state index contributed by atoms with van der Waals surface area (Å²) in [5.74, 6) is 0.151. The molecular weight excluding hydrogens is 232 g/mol. The molecule has 0 heterocycles. The number of hydrogen-bond acceptors (Lipinski definition) is 1. The van der Waals surface area contributed by atoms with Crippen molar-refractivity contribution in [3.8, 4) is 0 Å². The molecule has 1 fully saturated rings. The van der Waals surface area contributed by atoms with E-state index in [-0.39, 0.29) is 5.41 Å². The first-order valence-electron chi connectivity index (χ1n) is 6.59. The van der Waals surface area contributed by atoms with Crippen molar-refractivity contribution in [1.29, 1.82) is 0 Å². The van der Waals surface area contributed by atoms with E-state index in [4.69, 9.17) is 0 Å². The number of benzene rings is 1. The minimum Gasteiger partial charge on any atom is -0.316 e. The van der Waals surface area contributed by atoms with Gasteiger partial charge in [-0.3, -0.25) is 0 Å². The van der Waals surface area contributed by atoms with Crippen LogP contribution in [-0.2, 0) is 5.41 Å². The van der Waals surface area contributed by atoms with Gasteiger partial charge in [0.25, 0.3) is 0 Å². The molecule has 2 atom stereocenters. The topological polar surface area (TPSA) is 12.0 Å². The second-order valence-electron chi connectivity index (χ2n) is 6.03. The Labute approximate surface area is 108 Å². The van der Waals surface area contributed by atoms with Crippen molar-refractivity contribution >= 4 is 0 Å². The third-order valence-electron chi connectivity index (χ3n) is 3.88. The normalized spacial score (nSPS) is 26.7. The van der Waals surface area contributed by atoms with Crippen molar-refractivity contribution in [3.63, 3.8) is 0 Å². The molecule has 100 valence electrons. The molecule has 1 aliphatic carbocycles. The highest BCUT2D eigenvalue weighted by Gasteiger charge is 2.50. The molecule has 0 aromatic heterocycles. The molecule has 1 nitrogen and oxygen atoms in total. The molecule has 3 heteroatoms. The molecular formula is C15H21F2N. The molecule has 1 aromatic rings. The van der Waals surface area contributed by atoms with Crippen LogP contribution in [0.5, 0.6) is 0 Å². The maximum absolute atomic E-state index is 13.2. The van der Waals surface area contributed by atoms with Gasteiger partial charge in [0.2, 0.25) is 0 Å². The highest BCUT2D eigenvalue weighted by Crippen LogP contribution is 2.53. The summed E-state index contributed by atoms with van der Waals surface area (Å²) in [6, 6.07) is 3.86. The monoisotopic (exact) mass is 253 g/mol. The summed E-state index contributed by atoms with van der Waals surface area (Å²) in [5, 5.41) is 3.41. The molecule has 1 N–H and O–H groups in total. The van der Waals surface area contributed by atoms with Crippen LogP contribution in [0.3, 0.4) is 0 Å². The van der Waals surface area contributed by atoms with Crippen molar-refractivity contribution in [3.05, 3.63) is 35.4 Å². The van der Waals surface area contributed by atoms with Gasteiger partial charge in [0.1, 0.15) is 11.6 Å². The largest absolute Gasteiger partial charge is 0.316 e. The zero-order valence-corrected chi connectivity index (χ0v) is 11.3. The predicted octanol–water partition coefficient (Wildman–Crippen LogP) is 3.49. The lowest BCUT2D eigenvalue weighted by atomic mass is 9.95. The van der Waals surface area contributed by atoms with Crippen molar-refractivity contribution in [2.45, 2.75) is 32.6 Å². The molecule has 0 bridgehead atoms. The number of hydrogen-bond donors (Lipinski definition) is 1. The van der Waals surface area contributed by atoms with E-state index in [1.165, 1.54) is 12.1 Å². The summed E-state index contributed by atoms with van der Waals surface area (Å²) in [6.07, 6.45) is 1.00. The Hall–Kier alpha value is -0.960. The van der Waals surface area contributed by atoms with E-state index in [0.717, 1.165) is 31.1 Å². The van der Waals surface area contributed by atoms with Gasteiger partial charge in [0.05, 0.1) is 0 Å². The molecule has 0 radical (unpaired) electrons. The van der Waals surface area contributed by atoms with Crippen LogP contribution >= 0.6 is 0 Å². The molecule has 2 unspecified atom stereocenters. The quantitative estimate of drug-likeness (QED) is 0.847. The number of halogens is 2. The van der Waals surface area contributed by atoms with E-state index in [1.807, 2.05) is 0 Å². The molecule has 1 aliphatic rings. The first kappa shape index (κ1) is 13.5. The Balaban J connectivity index is 1.97. The standard InChI is InChI=1S/C15H21F2N/c1-10(2)8-18-9-12-7-15(12,3)11-4-13(16)6-14(17)5-11/h4-6,10,12,18H,7-9H2,1-3H3. The summed E-state index contributed by atoms with van der Waals surface area (Å²) in [6.45, 7) is 8.34. The van der Waals surface area contributed by atoms with Crippen LogP contribution in [0.4, 0.5) is 8.78 Å². The highest BCUT2D eigenvalue weighted by molar-refractivity contribution is 5.33. The van der Waals surface area contributed by atoms with Crippen LogP contribution < -0.4 is 5.32 Å². The second-order valence-corrected chi connectivity index (χ2v) is 6.03. The van der Waals surface area contributed by atoms with Crippen molar-refractivity contribution in [2.75, 3.05) is 13.1 Å².